The Labute approximate surface area is 218 Å². The first-order valence-electron chi connectivity index (χ1n) is 13.2. The van der Waals surface area contributed by atoms with E-state index in [4.69, 9.17) is 28.4 Å². The second-order valence-corrected chi connectivity index (χ2v) is 9.94. The van der Waals surface area contributed by atoms with Crippen LogP contribution in [0.5, 0.6) is 0 Å². The molecule has 0 saturated carbocycles. The molecular formula is C31H34O6. The van der Waals surface area contributed by atoms with E-state index in [1.807, 2.05) is 0 Å². The van der Waals surface area contributed by atoms with Gasteiger partial charge in [0.2, 0.25) is 0 Å². The van der Waals surface area contributed by atoms with Crippen LogP contribution < -0.4 is 0 Å². The summed E-state index contributed by atoms with van der Waals surface area (Å²) in [6.07, 6.45) is 0.721. The average molecular weight is 503 g/mol. The van der Waals surface area contributed by atoms with Crippen LogP contribution >= 0.6 is 0 Å². The second-order valence-electron chi connectivity index (χ2n) is 9.94. The third kappa shape index (κ3) is 6.85. The lowest BCUT2D eigenvalue weighted by Crippen LogP contribution is -2.14. The smallest absolute Gasteiger partial charge is 0.104 e. The molecule has 0 spiro atoms. The van der Waals surface area contributed by atoms with Crippen molar-refractivity contribution in [1.82, 2.24) is 0 Å². The van der Waals surface area contributed by atoms with Crippen molar-refractivity contribution in [2.45, 2.75) is 44.1 Å². The summed E-state index contributed by atoms with van der Waals surface area (Å²) in [7, 11) is 0. The Balaban J connectivity index is 1.34. The van der Waals surface area contributed by atoms with Gasteiger partial charge in [-0.1, -0.05) is 72.8 Å². The molecule has 3 aliphatic rings. The van der Waals surface area contributed by atoms with E-state index in [2.05, 4.69) is 72.8 Å². The summed E-state index contributed by atoms with van der Waals surface area (Å²) < 4.78 is 34.2. The number of hydrogen-bond donors (Lipinski definition) is 0. The summed E-state index contributed by atoms with van der Waals surface area (Å²) in [5.74, 6) is 0.00549. The van der Waals surface area contributed by atoms with Crippen molar-refractivity contribution in [3.05, 3.63) is 106 Å². The van der Waals surface area contributed by atoms with E-state index in [0.29, 0.717) is 39.6 Å². The predicted molar refractivity (Wildman–Crippen MR) is 138 cm³/mol. The fourth-order valence-electron chi connectivity index (χ4n) is 4.74. The average Bonchev–Trinajstić information content (AvgIpc) is 3.77. The minimum Gasteiger partial charge on any atom is -0.374 e. The van der Waals surface area contributed by atoms with Gasteiger partial charge in [0.15, 0.2) is 0 Å². The Bertz CT molecular complexity index is 1020. The molecule has 6 heteroatoms. The van der Waals surface area contributed by atoms with Crippen molar-refractivity contribution in [2.75, 3.05) is 39.6 Å². The van der Waals surface area contributed by atoms with Crippen molar-refractivity contribution in [1.29, 1.82) is 0 Å². The quantitative estimate of drug-likeness (QED) is 0.223. The van der Waals surface area contributed by atoms with Gasteiger partial charge in [0.05, 0.1) is 59.5 Å². The van der Waals surface area contributed by atoms with E-state index < -0.39 is 0 Å². The largest absolute Gasteiger partial charge is 0.374 e. The molecule has 3 aromatic rings. The Hall–Kier alpha value is -2.58. The molecule has 3 unspecified atom stereocenters. The Morgan fingerprint density at radius 3 is 1.11 bits per heavy atom. The van der Waals surface area contributed by atoms with Crippen LogP contribution in [0.4, 0.5) is 0 Å². The highest BCUT2D eigenvalue weighted by molar-refractivity contribution is 5.51. The molecule has 37 heavy (non-hydrogen) atoms. The van der Waals surface area contributed by atoms with Gasteiger partial charge < -0.3 is 28.4 Å². The van der Waals surface area contributed by atoms with Crippen molar-refractivity contribution >= 4 is 0 Å². The molecule has 3 aromatic carbocycles. The van der Waals surface area contributed by atoms with Crippen LogP contribution in [0.1, 0.15) is 39.3 Å². The molecule has 0 aliphatic carbocycles. The van der Waals surface area contributed by atoms with Crippen molar-refractivity contribution < 1.29 is 28.4 Å². The van der Waals surface area contributed by atoms with Gasteiger partial charge in [-0.15, -0.1) is 0 Å². The summed E-state index contributed by atoms with van der Waals surface area (Å²) >= 11 is 0. The second kappa shape index (κ2) is 11.9. The summed E-state index contributed by atoms with van der Waals surface area (Å²) in [5.41, 5.74) is 7.23. The van der Waals surface area contributed by atoms with Gasteiger partial charge >= 0.3 is 0 Å². The van der Waals surface area contributed by atoms with Crippen molar-refractivity contribution in [3.63, 3.8) is 0 Å². The van der Waals surface area contributed by atoms with Crippen LogP contribution in [0, 0.1) is 0 Å². The van der Waals surface area contributed by atoms with E-state index in [-0.39, 0.29) is 24.2 Å². The molecule has 194 valence electrons. The molecule has 3 aliphatic heterocycles. The van der Waals surface area contributed by atoms with Gasteiger partial charge in [-0.25, -0.2) is 0 Å². The van der Waals surface area contributed by atoms with Gasteiger partial charge in [-0.2, -0.15) is 0 Å². The topological polar surface area (TPSA) is 65.3 Å². The monoisotopic (exact) mass is 502 g/mol. The maximum atomic E-state index is 6.06. The molecule has 3 heterocycles. The zero-order chi connectivity index (χ0) is 24.9. The molecule has 3 saturated heterocycles. The van der Waals surface area contributed by atoms with Gasteiger partial charge in [-0.05, 0) is 33.4 Å². The van der Waals surface area contributed by atoms with Crippen LogP contribution in [0.3, 0.4) is 0 Å². The van der Waals surface area contributed by atoms with Gasteiger partial charge in [0, 0.05) is 5.92 Å². The fraction of sp³-hybridized carbons (Fsp3) is 0.419. The number of benzene rings is 3. The summed E-state index contributed by atoms with van der Waals surface area (Å²) in [6.45, 7) is 5.89. The van der Waals surface area contributed by atoms with Crippen LogP contribution in [-0.2, 0) is 48.2 Å². The standard InChI is InChI=1S/C31H34O6/c1-4-10-28(22(7-1)13-32-16-25-19-35-25)31(29-11-5-2-8-23(29)14-33-17-26-20-36-26)30-12-6-3-9-24(30)15-34-18-27-21-37-27/h1-12,25-27,31H,13-21H2. The zero-order valence-electron chi connectivity index (χ0n) is 21.1. The van der Waals surface area contributed by atoms with E-state index in [9.17, 15) is 0 Å². The molecular weight excluding hydrogens is 468 g/mol. The molecule has 0 radical (unpaired) electrons. The lowest BCUT2D eigenvalue weighted by Gasteiger charge is -2.26. The number of epoxide rings is 3. The number of hydrogen-bond acceptors (Lipinski definition) is 6. The Morgan fingerprint density at radius 1 is 0.514 bits per heavy atom. The summed E-state index contributed by atoms with van der Waals surface area (Å²) in [6, 6.07) is 25.8. The minimum absolute atomic E-state index is 0.00549. The lowest BCUT2D eigenvalue weighted by molar-refractivity contribution is 0.102. The van der Waals surface area contributed by atoms with E-state index in [0.717, 1.165) is 19.8 Å². The zero-order valence-corrected chi connectivity index (χ0v) is 21.1. The first kappa shape index (κ1) is 24.7. The van der Waals surface area contributed by atoms with Crippen LogP contribution in [0.15, 0.2) is 72.8 Å². The van der Waals surface area contributed by atoms with Crippen LogP contribution in [0.25, 0.3) is 0 Å². The SMILES string of the molecule is c1ccc(C(c2ccccc2COCC2CO2)c2ccccc2COCC2CO2)c(COCC2CO2)c1. The number of rotatable bonds is 15. The lowest BCUT2D eigenvalue weighted by atomic mass is 9.79. The van der Waals surface area contributed by atoms with Gasteiger partial charge in [-0.3, -0.25) is 0 Å². The van der Waals surface area contributed by atoms with E-state index in [1.54, 1.807) is 0 Å². The molecule has 3 atom stereocenters. The minimum atomic E-state index is 0.00549. The first-order chi connectivity index (χ1) is 18.3. The van der Waals surface area contributed by atoms with E-state index in [1.165, 1.54) is 33.4 Å². The molecule has 0 N–H and O–H groups in total. The van der Waals surface area contributed by atoms with Crippen LogP contribution in [0.2, 0.25) is 0 Å². The highest BCUT2D eigenvalue weighted by Crippen LogP contribution is 2.38. The highest BCUT2D eigenvalue weighted by Gasteiger charge is 2.27. The number of ether oxygens (including phenoxy) is 6. The van der Waals surface area contributed by atoms with Crippen molar-refractivity contribution in [3.8, 4) is 0 Å². The molecule has 6 rings (SSSR count). The van der Waals surface area contributed by atoms with E-state index >= 15 is 0 Å². The molecule has 3 fully saturated rings. The normalized spacial score (nSPS) is 22.5. The Morgan fingerprint density at radius 2 is 0.811 bits per heavy atom. The molecule has 0 bridgehead atoms. The Kier molecular flexibility index (Phi) is 7.93. The first-order valence-corrected chi connectivity index (χ1v) is 13.2. The maximum absolute atomic E-state index is 6.06. The molecule has 6 nitrogen and oxygen atoms in total. The van der Waals surface area contributed by atoms with Crippen molar-refractivity contribution in [2.24, 2.45) is 0 Å². The highest BCUT2D eigenvalue weighted by atomic mass is 16.6. The van der Waals surface area contributed by atoms with Gasteiger partial charge in [0.1, 0.15) is 18.3 Å². The fourth-order valence-corrected chi connectivity index (χ4v) is 4.74. The summed E-state index contributed by atoms with van der Waals surface area (Å²) in [5, 5.41) is 0. The third-order valence-electron chi connectivity index (χ3n) is 6.99. The third-order valence-corrected chi connectivity index (χ3v) is 6.99. The maximum Gasteiger partial charge on any atom is 0.104 e. The predicted octanol–water partition coefficient (Wildman–Crippen LogP) is 4.61. The van der Waals surface area contributed by atoms with Crippen LogP contribution in [-0.4, -0.2) is 58.0 Å². The molecule has 0 amide bonds. The molecule has 0 aromatic heterocycles. The van der Waals surface area contributed by atoms with Gasteiger partial charge in [0.25, 0.3) is 0 Å². The summed E-state index contributed by atoms with van der Waals surface area (Å²) in [4.78, 5) is 0.